The number of hydrogen-bond acceptors (Lipinski definition) is 3. The van der Waals surface area contributed by atoms with Crippen molar-refractivity contribution in [3.63, 3.8) is 0 Å². The van der Waals surface area contributed by atoms with Gasteiger partial charge in [-0.1, -0.05) is 12.1 Å². The van der Waals surface area contributed by atoms with Gasteiger partial charge in [0.05, 0.1) is 6.20 Å². The molecule has 17 heavy (non-hydrogen) atoms. The smallest absolute Gasteiger partial charge is 0.145 e. The molecule has 3 nitrogen and oxygen atoms in total. The third kappa shape index (κ3) is 3.04. The van der Waals surface area contributed by atoms with Gasteiger partial charge in [0.2, 0.25) is 0 Å². The molecule has 0 fully saturated rings. The van der Waals surface area contributed by atoms with E-state index in [2.05, 4.69) is 29.4 Å². The summed E-state index contributed by atoms with van der Waals surface area (Å²) in [7, 11) is 1.95. The summed E-state index contributed by atoms with van der Waals surface area (Å²) in [6.45, 7) is 2.12. The van der Waals surface area contributed by atoms with Crippen molar-refractivity contribution in [2.75, 3.05) is 7.05 Å². The summed E-state index contributed by atoms with van der Waals surface area (Å²) < 4.78 is 5.66. The highest BCUT2D eigenvalue weighted by Gasteiger charge is 2.02. The van der Waals surface area contributed by atoms with E-state index in [1.54, 1.807) is 12.4 Å². The molecule has 0 aliphatic heterocycles. The summed E-state index contributed by atoms with van der Waals surface area (Å²) in [5, 5.41) is 3.20. The van der Waals surface area contributed by atoms with Crippen molar-refractivity contribution in [3.8, 4) is 11.5 Å². The van der Waals surface area contributed by atoms with Crippen molar-refractivity contribution in [2.24, 2.45) is 0 Å². The van der Waals surface area contributed by atoms with Crippen molar-refractivity contribution >= 4 is 0 Å². The maximum absolute atomic E-state index is 5.66. The summed E-state index contributed by atoms with van der Waals surface area (Å²) in [5.41, 5.74) is 1.24. The molecule has 0 bridgehead atoms. The van der Waals surface area contributed by atoms with Gasteiger partial charge in [-0.25, -0.2) is 0 Å². The van der Waals surface area contributed by atoms with Crippen molar-refractivity contribution in [2.45, 2.75) is 13.0 Å². The molecule has 0 aliphatic rings. The first kappa shape index (κ1) is 11.6. The van der Waals surface area contributed by atoms with E-state index in [1.165, 1.54) is 5.56 Å². The zero-order valence-electron chi connectivity index (χ0n) is 10.1. The molecule has 3 heteroatoms. The molecule has 1 N–H and O–H groups in total. The van der Waals surface area contributed by atoms with Crippen LogP contribution in [0.2, 0.25) is 0 Å². The summed E-state index contributed by atoms with van der Waals surface area (Å²) in [5.74, 6) is 1.58. The molecule has 2 aromatic rings. The van der Waals surface area contributed by atoms with Crippen molar-refractivity contribution in [1.29, 1.82) is 0 Å². The minimum absolute atomic E-state index is 0.349. The zero-order valence-corrected chi connectivity index (χ0v) is 10.1. The highest BCUT2D eigenvalue weighted by molar-refractivity contribution is 5.32. The Morgan fingerprint density at radius 1 is 1.12 bits per heavy atom. The van der Waals surface area contributed by atoms with Crippen LogP contribution in [0.3, 0.4) is 0 Å². The lowest BCUT2D eigenvalue weighted by Gasteiger charge is -2.11. The van der Waals surface area contributed by atoms with Gasteiger partial charge in [0, 0.05) is 12.2 Å². The Morgan fingerprint density at radius 2 is 1.88 bits per heavy atom. The highest BCUT2D eigenvalue weighted by atomic mass is 16.5. The molecule has 0 radical (unpaired) electrons. The minimum atomic E-state index is 0.349. The van der Waals surface area contributed by atoms with Crippen LogP contribution in [0.15, 0.2) is 48.8 Å². The van der Waals surface area contributed by atoms with Crippen LogP contribution in [0.4, 0.5) is 0 Å². The predicted octanol–water partition coefficient (Wildman–Crippen LogP) is 3.15. The maximum atomic E-state index is 5.66. The second-order valence-electron chi connectivity index (χ2n) is 3.87. The van der Waals surface area contributed by atoms with Crippen molar-refractivity contribution in [1.82, 2.24) is 10.3 Å². The Morgan fingerprint density at radius 3 is 2.47 bits per heavy atom. The fourth-order valence-corrected chi connectivity index (χ4v) is 1.53. The van der Waals surface area contributed by atoms with Crippen LogP contribution in [0, 0.1) is 0 Å². The first-order chi connectivity index (χ1) is 8.29. The van der Waals surface area contributed by atoms with Gasteiger partial charge in [0.25, 0.3) is 0 Å². The third-order valence-corrected chi connectivity index (χ3v) is 2.68. The lowest BCUT2D eigenvalue weighted by molar-refractivity contribution is 0.479. The lowest BCUT2D eigenvalue weighted by Crippen LogP contribution is -2.11. The monoisotopic (exact) mass is 228 g/mol. The molecule has 1 atom stereocenters. The molecule has 0 saturated carbocycles. The summed E-state index contributed by atoms with van der Waals surface area (Å²) in [6, 6.07) is 12.2. The van der Waals surface area contributed by atoms with E-state index in [1.807, 2.05) is 31.3 Å². The third-order valence-electron chi connectivity index (χ3n) is 2.68. The average Bonchev–Trinajstić information content (AvgIpc) is 2.40. The van der Waals surface area contributed by atoms with Gasteiger partial charge in [0.15, 0.2) is 0 Å². The van der Waals surface area contributed by atoms with E-state index >= 15 is 0 Å². The number of aromatic nitrogens is 1. The topological polar surface area (TPSA) is 34.1 Å². The molecule has 1 aromatic heterocycles. The van der Waals surface area contributed by atoms with Gasteiger partial charge in [0.1, 0.15) is 11.5 Å². The number of nitrogens with zero attached hydrogens (tertiary/aromatic N) is 1. The van der Waals surface area contributed by atoms with E-state index in [-0.39, 0.29) is 0 Å². The predicted molar refractivity (Wildman–Crippen MR) is 68.2 cm³/mol. The molecule has 0 spiro atoms. The average molecular weight is 228 g/mol. The molecular weight excluding hydrogens is 212 g/mol. The Kier molecular flexibility index (Phi) is 3.73. The SMILES string of the molecule is CNC(C)c1ccc(Oc2cccnc2)cc1. The van der Waals surface area contributed by atoms with Crippen LogP contribution < -0.4 is 10.1 Å². The molecule has 1 unspecified atom stereocenters. The van der Waals surface area contributed by atoms with Gasteiger partial charge in [-0.3, -0.25) is 4.98 Å². The maximum Gasteiger partial charge on any atom is 0.145 e. The summed E-state index contributed by atoms with van der Waals surface area (Å²) in [4.78, 5) is 4.00. The van der Waals surface area contributed by atoms with E-state index in [0.717, 1.165) is 11.5 Å². The Balaban J connectivity index is 2.08. The number of rotatable bonds is 4. The summed E-state index contributed by atoms with van der Waals surface area (Å²) in [6.07, 6.45) is 3.43. The second-order valence-corrected chi connectivity index (χ2v) is 3.87. The Hall–Kier alpha value is -1.87. The second kappa shape index (κ2) is 5.46. The van der Waals surface area contributed by atoms with Crippen LogP contribution in [0.25, 0.3) is 0 Å². The van der Waals surface area contributed by atoms with Gasteiger partial charge in [-0.05, 0) is 43.8 Å². The molecule has 0 aliphatic carbocycles. The highest BCUT2D eigenvalue weighted by Crippen LogP contribution is 2.22. The molecule has 0 amide bonds. The first-order valence-corrected chi connectivity index (χ1v) is 5.64. The van der Waals surface area contributed by atoms with Crippen molar-refractivity contribution in [3.05, 3.63) is 54.4 Å². The minimum Gasteiger partial charge on any atom is -0.456 e. The normalized spacial score (nSPS) is 12.1. The number of hydrogen-bond donors (Lipinski definition) is 1. The largest absolute Gasteiger partial charge is 0.456 e. The Labute approximate surface area is 101 Å². The summed E-state index contributed by atoms with van der Waals surface area (Å²) >= 11 is 0. The molecule has 1 aromatic carbocycles. The van der Waals surface area contributed by atoms with Crippen LogP contribution in [0.5, 0.6) is 11.5 Å². The van der Waals surface area contributed by atoms with Gasteiger partial charge in [-0.2, -0.15) is 0 Å². The van der Waals surface area contributed by atoms with E-state index in [4.69, 9.17) is 4.74 Å². The van der Waals surface area contributed by atoms with E-state index in [0.29, 0.717) is 6.04 Å². The fourth-order valence-electron chi connectivity index (χ4n) is 1.53. The number of pyridine rings is 1. The van der Waals surface area contributed by atoms with Crippen LogP contribution in [0.1, 0.15) is 18.5 Å². The number of nitrogens with one attached hydrogen (secondary N) is 1. The van der Waals surface area contributed by atoms with Gasteiger partial charge >= 0.3 is 0 Å². The molecule has 0 saturated heterocycles. The first-order valence-electron chi connectivity index (χ1n) is 5.64. The lowest BCUT2D eigenvalue weighted by atomic mass is 10.1. The van der Waals surface area contributed by atoms with Crippen LogP contribution >= 0.6 is 0 Å². The molecule has 1 heterocycles. The number of ether oxygens (including phenoxy) is 1. The quantitative estimate of drug-likeness (QED) is 0.872. The van der Waals surface area contributed by atoms with Crippen LogP contribution in [-0.2, 0) is 0 Å². The van der Waals surface area contributed by atoms with E-state index < -0.39 is 0 Å². The molecule has 2 rings (SSSR count). The van der Waals surface area contributed by atoms with E-state index in [9.17, 15) is 0 Å². The van der Waals surface area contributed by atoms with Crippen molar-refractivity contribution < 1.29 is 4.74 Å². The molecule has 88 valence electrons. The Bertz CT molecular complexity index is 453. The molecular formula is C14H16N2O. The number of benzene rings is 1. The van der Waals surface area contributed by atoms with Crippen LogP contribution in [-0.4, -0.2) is 12.0 Å². The standard InChI is InChI=1S/C14H16N2O/c1-11(15-2)12-5-7-13(8-6-12)17-14-4-3-9-16-10-14/h3-11,15H,1-2H3. The zero-order chi connectivity index (χ0) is 12.1. The van der Waals surface area contributed by atoms with Gasteiger partial charge in [-0.15, -0.1) is 0 Å². The van der Waals surface area contributed by atoms with Gasteiger partial charge < -0.3 is 10.1 Å². The fraction of sp³-hybridized carbons (Fsp3) is 0.214.